The van der Waals surface area contributed by atoms with Crippen molar-refractivity contribution in [2.24, 2.45) is 5.92 Å². The van der Waals surface area contributed by atoms with Crippen molar-refractivity contribution in [1.82, 2.24) is 5.32 Å². The fourth-order valence-electron chi connectivity index (χ4n) is 2.04. The molecule has 0 radical (unpaired) electrons. The quantitative estimate of drug-likeness (QED) is 0.834. The molecule has 2 rings (SSSR count). The second-order valence-corrected chi connectivity index (χ2v) is 5.01. The molecule has 3 nitrogen and oxygen atoms in total. The van der Waals surface area contributed by atoms with Gasteiger partial charge >= 0.3 is 0 Å². The molecule has 0 amide bonds. The average Bonchev–Trinajstić information content (AvgIpc) is 2.38. The fraction of sp³-hybridized carbons (Fsp3) is 0.500. The monoisotopic (exact) mass is 267 g/mol. The van der Waals surface area contributed by atoms with E-state index in [4.69, 9.17) is 16.3 Å². The van der Waals surface area contributed by atoms with Crippen LogP contribution in [0.25, 0.3) is 0 Å². The number of unbranched alkanes of at least 4 members (excludes halogenated alkanes) is 1. The first kappa shape index (κ1) is 13.4. The van der Waals surface area contributed by atoms with Crippen LogP contribution in [0.4, 0.5) is 0 Å². The zero-order valence-corrected chi connectivity index (χ0v) is 11.3. The smallest absolute Gasteiger partial charge is 0.174 e. The van der Waals surface area contributed by atoms with Crippen LogP contribution in [0, 0.1) is 5.92 Å². The summed E-state index contributed by atoms with van der Waals surface area (Å²) in [6.45, 7) is 4.22. The molecule has 0 saturated carbocycles. The number of ketones is 1. The zero-order chi connectivity index (χ0) is 13.0. The lowest BCUT2D eigenvalue weighted by Crippen LogP contribution is -2.36. The second-order valence-electron chi connectivity index (χ2n) is 4.57. The minimum atomic E-state index is -0.104. The summed E-state index contributed by atoms with van der Waals surface area (Å²) in [4.78, 5) is 12.3. The molecule has 18 heavy (non-hydrogen) atoms. The Morgan fingerprint density at radius 2 is 2.33 bits per heavy atom. The fourth-order valence-corrected chi connectivity index (χ4v) is 2.21. The SMILES string of the molecule is CCCCNC[C@@H]1COc2ccc(Cl)cc2C1=O. The number of Topliss-reactive ketones (excluding diaryl/α,β-unsaturated/α-hetero) is 1. The predicted molar refractivity (Wildman–Crippen MR) is 72.5 cm³/mol. The zero-order valence-electron chi connectivity index (χ0n) is 10.5. The highest BCUT2D eigenvalue weighted by molar-refractivity contribution is 6.31. The lowest BCUT2D eigenvalue weighted by atomic mass is 9.95. The number of benzene rings is 1. The number of fused-ring (bicyclic) bond motifs is 1. The predicted octanol–water partition coefficient (Wildman–Crippen LogP) is 2.92. The summed E-state index contributed by atoms with van der Waals surface area (Å²) >= 11 is 5.91. The van der Waals surface area contributed by atoms with Gasteiger partial charge in [-0.1, -0.05) is 24.9 Å². The number of carbonyl (C=O) groups excluding carboxylic acids is 1. The van der Waals surface area contributed by atoms with Crippen molar-refractivity contribution < 1.29 is 9.53 Å². The van der Waals surface area contributed by atoms with Crippen molar-refractivity contribution in [3.8, 4) is 5.75 Å². The van der Waals surface area contributed by atoms with Crippen LogP contribution in [0.2, 0.25) is 5.02 Å². The Bertz CT molecular complexity index is 434. The van der Waals surface area contributed by atoms with Gasteiger partial charge in [0.1, 0.15) is 5.75 Å². The second kappa shape index (κ2) is 6.21. The van der Waals surface area contributed by atoms with E-state index in [2.05, 4.69) is 12.2 Å². The van der Waals surface area contributed by atoms with Gasteiger partial charge in [-0.15, -0.1) is 0 Å². The van der Waals surface area contributed by atoms with Crippen molar-refractivity contribution in [1.29, 1.82) is 0 Å². The number of hydrogen-bond donors (Lipinski definition) is 1. The van der Waals surface area contributed by atoms with E-state index in [1.54, 1.807) is 18.2 Å². The molecule has 0 aliphatic carbocycles. The highest BCUT2D eigenvalue weighted by Gasteiger charge is 2.28. The maximum Gasteiger partial charge on any atom is 0.174 e. The number of ether oxygens (including phenoxy) is 1. The third kappa shape index (κ3) is 3.03. The molecule has 1 aromatic carbocycles. The Hall–Kier alpha value is -1.06. The molecule has 0 bridgehead atoms. The van der Waals surface area contributed by atoms with Crippen molar-refractivity contribution >= 4 is 17.4 Å². The van der Waals surface area contributed by atoms with E-state index in [0.29, 0.717) is 29.5 Å². The van der Waals surface area contributed by atoms with Gasteiger partial charge in [0.2, 0.25) is 0 Å². The Labute approximate surface area is 112 Å². The molecule has 0 spiro atoms. The molecule has 1 heterocycles. The van der Waals surface area contributed by atoms with Crippen LogP contribution in [0.3, 0.4) is 0 Å². The lowest BCUT2D eigenvalue weighted by Gasteiger charge is -2.24. The summed E-state index contributed by atoms with van der Waals surface area (Å²) in [5.41, 5.74) is 0.607. The average molecular weight is 268 g/mol. The normalized spacial score (nSPS) is 18.3. The third-order valence-corrected chi connectivity index (χ3v) is 3.35. The van der Waals surface area contributed by atoms with Crippen LogP contribution in [0.5, 0.6) is 5.75 Å². The standard InChI is InChI=1S/C14H18ClNO2/c1-2-3-6-16-8-10-9-18-13-5-4-11(15)7-12(13)14(10)17/h4-5,7,10,16H,2-3,6,8-9H2,1H3/t10-/m1/s1. The van der Waals surface area contributed by atoms with Crippen molar-refractivity contribution in [3.05, 3.63) is 28.8 Å². The van der Waals surface area contributed by atoms with Gasteiger partial charge in [-0.3, -0.25) is 4.79 Å². The number of rotatable bonds is 5. The lowest BCUT2D eigenvalue weighted by molar-refractivity contribution is 0.0830. The molecule has 1 N–H and O–H groups in total. The van der Waals surface area contributed by atoms with Gasteiger partial charge in [0.15, 0.2) is 5.78 Å². The molecule has 4 heteroatoms. The van der Waals surface area contributed by atoms with E-state index in [1.807, 2.05) is 0 Å². The van der Waals surface area contributed by atoms with Gasteiger partial charge < -0.3 is 10.1 Å². The summed E-state index contributed by atoms with van der Waals surface area (Å²) in [7, 11) is 0. The highest BCUT2D eigenvalue weighted by atomic mass is 35.5. The van der Waals surface area contributed by atoms with Crippen LogP contribution < -0.4 is 10.1 Å². The summed E-state index contributed by atoms with van der Waals surface area (Å²) < 4.78 is 5.60. The molecule has 0 aromatic heterocycles. The Morgan fingerprint density at radius 3 is 3.11 bits per heavy atom. The molecule has 1 aliphatic heterocycles. The van der Waals surface area contributed by atoms with Crippen LogP contribution in [0.1, 0.15) is 30.1 Å². The van der Waals surface area contributed by atoms with Crippen LogP contribution in [-0.4, -0.2) is 25.5 Å². The molecule has 1 aliphatic rings. The van der Waals surface area contributed by atoms with E-state index in [1.165, 1.54) is 0 Å². The first-order valence-electron chi connectivity index (χ1n) is 6.39. The summed E-state index contributed by atoms with van der Waals surface area (Å²) in [5.74, 6) is 0.671. The summed E-state index contributed by atoms with van der Waals surface area (Å²) in [6.07, 6.45) is 2.28. The first-order chi connectivity index (χ1) is 8.72. The minimum absolute atomic E-state index is 0.104. The summed E-state index contributed by atoms with van der Waals surface area (Å²) in [6, 6.07) is 5.20. The van der Waals surface area contributed by atoms with E-state index < -0.39 is 0 Å². The summed E-state index contributed by atoms with van der Waals surface area (Å²) in [5, 5.41) is 3.87. The van der Waals surface area contributed by atoms with Crippen LogP contribution in [-0.2, 0) is 0 Å². The van der Waals surface area contributed by atoms with Gasteiger partial charge in [0, 0.05) is 11.6 Å². The molecular weight excluding hydrogens is 250 g/mol. The van der Waals surface area contributed by atoms with Gasteiger partial charge in [0.25, 0.3) is 0 Å². The topological polar surface area (TPSA) is 38.3 Å². The molecule has 1 aromatic rings. The van der Waals surface area contributed by atoms with E-state index >= 15 is 0 Å². The van der Waals surface area contributed by atoms with Crippen LogP contribution in [0.15, 0.2) is 18.2 Å². The first-order valence-corrected chi connectivity index (χ1v) is 6.77. The van der Waals surface area contributed by atoms with Gasteiger partial charge in [-0.25, -0.2) is 0 Å². The van der Waals surface area contributed by atoms with Crippen LogP contribution >= 0.6 is 11.6 Å². The van der Waals surface area contributed by atoms with Crippen molar-refractivity contribution in [3.63, 3.8) is 0 Å². The van der Waals surface area contributed by atoms with Gasteiger partial charge in [-0.2, -0.15) is 0 Å². The van der Waals surface area contributed by atoms with Gasteiger partial charge in [-0.05, 0) is 31.2 Å². The van der Waals surface area contributed by atoms with E-state index in [0.717, 1.165) is 19.4 Å². The van der Waals surface area contributed by atoms with Gasteiger partial charge in [0.05, 0.1) is 18.1 Å². The maximum atomic E-state index is 12.3. The van der Waals surface area contributed by atoms with E-state index in [-0.39, 0.29) is 11.7 Å². The number of nitrogens with one attached hydrogen (secondary N) is 1. The number of halogens is 1. The Morgan fingerprint density at radius 1 is 1.50 bits per heavy atom. The Balaban J connectivity index is 1.99. The van der Waals surface area contributed by atoms with Crippen molar-refractivity contribution in [2.75, 3.05) is 19.7 Å². The van der Waals surface area contributed by atoms with Crippen molar-refractivity contribution in [2.45, 2.75) is 19.8 Å². The minimum Gasteiger partial charge on any atom is -0.492 e. The number of carbonyl (C=O) groups is 1. The van der Waals surface area contributed by atoms with E-state index in [9.17, 15) is 4.79 Å². The molecule has 0 unspecified atom stereocenters. The number of hydrogen-bond acceptors (Lipinski definition) is 3. The largest absolute Gasteiger partial charge is 0.492 e. The molecule has 1 atom stereocenters. The molecule has 0 saturated heterocycles. The Kier molecular flexibility index (Phi) is 4.61. The molecule has 0 fully saturated rings. The molecular formula is C14H18ClNO2. The highest BCUT2D eigenvalue weighted by Crippen LogP contribution is 2.29. The maximum absolute atomic E-state index is 12.3. The molecule has 98 valence electrons. The third-order valence-electron chi connectivity index (χ3n) is 3.12.